The number of rotatable bonds is 12. The summed E-state index contributed by atoms with van der Waals surface area (Å²) in [5.41, 5.74) is 0. The summed E-state index contributed by atoms with van der Waals surface area (Å²) < 4.78 is 0. The molecule has 0 radical (unpaired) electrons. The van der Waals surface area contributed by atoms with E-state index in [1.807, 2.05) is 6.26 Å². The number of hydrogen-bond acceptors (Lipinski definition) is 6. The predicted molar refractivity (Wildman–Crippen MR) is 86.4 cm³/mol. The summed E-state index contributed by atoms with van der Waals surface area (Å²) in [5, 5.41) is 13.6. The zero-order valence-electron chi connectivity index (χ0n) is 13.5. The smallest absolute Gasteiger partial charge is 0.793 e. The van der Waals surface area contributed by atoms with Crippen LogP contribution in [-0.4, -0.2) is 40.9 Å². The van der Waals surface area contributed by atoms with Crippen LogP contribution >= 0.6 is 11.8 Å². The number of carboxylic acid groups (broad SMARTS) is 1. The van der Waals surface area contributed by atoms with E-state index in [1.54, 1.807) is 11.8 Å². The summed E-state index contributed by atoms with van der Waals surface area (Å²) in [6, 6.07) is -0.887. The normalized spacial score (nSPS) is 12.5. The third-order valence-electron chi connectivity index (χ3n) is 2.85. The van der Waals surface area contributed by atoms with E-state index in [1.165, 1.54) is 0 Å². The largest absolute Gasteiger partial charge is 2.00 e. The molecule has 0 aromatic rings. The third-order valence-corrected chi connectivity index (χ3v) is 4.20. The van der Waals surface area contributed by atoms with Gasteiger partial charge in [-0.3, -0.25) is 4.79 Å². The van der Waals surface area contributed by atoms with Crippen molar-refractivity contribution in [3.8, 4) is 0 Å². The van der Waals surface area contributed by atoms with Crippen LogP contribution in [0.4, 0.5) is 0 Å². The van der Waals surface area contributed by atoms with E-state index >= 15 is 0 Å². The van der Waals surface area contributed by atoms with Gasteiger partial charge >= 0.3 is 49.0 Å². The van der Waals surface area contributed by atoms with Gasteiger partial charge in [0.15, 0.2) is 0 Å². The molecule has 9 heteroatoms. The number of carboxylic acids is 1. The van der Waals surface area contributed by atoms with E-state index in [0.717, 1.165) is 25.7 Å². The maximum Gasteiger partial charge on any atom is 2.00 e. The van der Waals surface area contributed by atoms with Gasteiger partial charge in [0.1, 0.15) is 0 Å². The minimum Gasteiger partial charge on any atom is -0.793 e. The fourth-order valence-electron chi connectivity index (χ4n) is 1.68. The summed E-state index contributed by atoms with van der Waals surface area (Å²) >= 11 is 11.6. The maximum atomic E-state index is 11.6. The maximum absolute atomic E-state index is 11.6. The second-order valence-corrected chi connectivity index (χ2v) is 6.64. The molecular weight excluding hydrogens is 403 g/mol. The molecule has 4 nitrogen and oxygen atoms in total. The Labute approximate surface area is 184 Å². The first kappa shape index (κ1) is 28.4. The van der Waals surface area contributed by atoms with Crippen LogP contribution in [0.15, 0.2) is 0 Å². The van der Waals surface area contributed by atoms with Crippen LogP contribution in [0, 0.1) is 0 Å². The number of nitrogens with one attached hydrogen (secondary N) is 1. The molecule has 2 unspecified atom stereocenters. The van der Waals surface area contributed by atoms with Gasteiger partial charge in [-0.2, -0.15) is 22.8 Å². The molecule has 0 heterocycles. The van der Waals surface area contributed by atoms with Gasteiger partial charge in [0.25, 0.3) is 0 Å². The molecule has 0 aliphatic carbocycles. The van der Waals surface area contributed by atoms with Gasteiger partial charge in [-0.25, -0.2) is 0 Å². The summed E-state index contributed by atoms with van der Waals surface area (Å²) in [4.78, 5) is 22.5. The van der Waals surface area contributed by atoms with Crippen molar-refractivity contribution in [2.45, 2.75) is 49.8 Å². The van der Waals surface area contributed by atoms with Gasteiger partial charge in [-0.15, -0.1) is 0 Å². The van der Waals surface area contributed by atoms with Gasteiger partial charge in [0.05, 0.1) is 12.0 Å². The standard InChI is InChI=1S/C13H25NO3S3.Na.Zn/c1-20-9-7-11(13(16)17)14-12(15)5-3-2-4-10(19)6-8-18;;/h10-11,18-19H,2-9H2,1H3,(H,14,15)(H,16,17);;/q;+1;+2/p-3. The van der Waals surface area contributed by atoms with Crippen LogP contribution < -0.4 is 40.0 Å². The molecule has 1 N–H and O–H groups in total. The molecule has 0 saturated carbocycles. The van der Waals surface area contributed by atoms with Crippen molar-refractivity contribution in [3.05, 3.63) is 0 Å². The second-order valence-electron chi connectivity index (χ2n) is 4.58. The molecule has 118 valence electrons. The second kappa shape index (κ2) is 18.9. The van der Waals surface area contributed by atoms with Crippen LogP contribution in [0.25, 0.3) is 0 Å². The topological polar surface area (TPSA) is 69.2 Å². The molecule has 2 atom stereocenters. The minimum atomic E-state index is -1.22. The first-order valence-electron chi connectivity index (χ1n) is 6.74. The number of carbonyl (C=O) groups is 2. The van der Waals surface area contributed by atoms with E-state index in [9.17, 15) is 14.7 Å². The summed E-state index contributed by atoms with van der Waals surface area (Å²) in [7, 11) is 0. The Morgan fingerprint density at radius 2 is 1.86 bits per heavy atom. The fraction of sp³-hybridized carbons (Fsp3) is 0.846. The Kier molecular flexibility index (Phi) is 24.5. The van der Waals surface area contributed by atoms with Gasteiger partial charge in [0.2, 0.25) is 5.91 Å². The van der Waals surface area contributed by atoms with Gasteiger partial charge in [0, 0.05) is 6.42 Å². The molecule has 0 aliphatic heterocycles. The predicted octanol–water partition coefficient (Wildman–Crippen LogP) is -2.61. The molecule has 0 aliphatic rings. The number of hydrogen-bond donors (Lipinski definition) is 1. The number of carbonyl (C=O) groups excluding carboxylic acids is 2. The van der Waals surface area contributed by atoms with Crippen molar-refractivity contribution in [2.75, 3.05) is 17.8 Å². The molecule has 0 aromatic heterocycles. The fourth-order valence-corrected chi connectivity index (χ4v) is 2.87. The van der Waals surface area contributed by atoms with Gasteiger partial charge in [-0.1, -0.05) is 19.3 Å². The van der Waals surface area contributed by atoms with Crippen LogP contribution in [0.2, 0.25) is 0 Å². The number of thioether (sulfide) groups is 1. The number of amides is 1. The Hall–Kier alpha value is 1.61. The van der Waals surface area contributed by atoms with Crippen molar-refractivity contribution in [1.29, 1.82) is 0 Å². The zero-order chi connectivity index (χ0) is 15.4. The average Bonchev–Trinajstić information content (AvgIpc) is 2.39. The summed E-state index contributed by atoms with van der Waals surface area (Å²) in [6.45, 7) is 0. The van der Waals surface area contributed by atoms with Gasteiger partial charge in [-0.05, 0) is 24.9 Å². The van der Waals surface area contributed by atoms with E-state index in [-0.39, 0.29) is 60.2 Å². The van der Waals surface area contributed by atoms with Crippen molar-refractivity contribution >= 4 is 48.9 Å². The quantitative estimate of drug-likeness (QED) is 0.210. The number of aliphatic carboxylic acids is 1. The monoisotopic (exact) mass is 423 g/mol. The average molecular weight is 425 g/mol. The molecule has 0 saturated heterocycles. The van der Waals surface area contributed by atoms with Crippen molar-refractivity contribution in [2.24, 2.45) is 0 Å². The summed E-state index contributed by atoms with van der Waals surface area (Å²) in [5.74, 6) is -0.0948. The van der Waals surface area contributed by atoms with E-state index in [2.05, 4.69) is 5.32 Å². The minimum absolute atomic E-state index is 0. The first-order chi connectivity index (χ1) is 9.51. The molecule has 0 fully saturated rings. The van der Waals surface area contributed by atoms with Crippen molar-refractivity contribution < 1.29 is 63.7 Å². The molecular formula is C13H22NNaO3S3Zn. The van der Waals surface area contributed by atoms with E-state index in [0.29, 0.717) is 24.3 Å². The Morgan fingerprint density at radius 3 is 2.36 bits per heavy atom. The van der Waals surface area contributed by atoms with Crippen molar-refractivity contribution in [1.82, 2.24) is 5.32 Å². The Morgan fingerprint density at radius 1 is 1.23 bits per heavy atom. The molecule has 22 heavy (non-hydrogen) atoms. The van der Waals surface area contributed by atoms with E-state index < -0.39 is 12.0 Å². The molecule has 0 bridgehead atoms. The Balaban J connectivity index is -0.00000180. The van der Waals surface area contributed by atoms with Crippen LogP contribution in [-0.2, 0) is 54.3 Å². The van der Waals surface area contributed by atoms with Crippen LogP contribution in [0.1, 0.15) is 38.5 Å². The first-order valence-corrected chi connectivity index (χ1v) is 9.18. The summed E-state index contributed by atoms with van der Waals surface area (Å²) in [6.07, 6.45) is 5.95. The Bertz CT molecular complexity index is 302. The zero-order valence-corrected chi connectivity index (χ0v) is 20.9. The van der Waals surface area contributed by atoms with E-state index in [4.69, 9.17) is 25.3 Å². The number of unbranched alkanes of at least 4 members (excludes halogenated alkanes) is 1. The van der Waals surface area contributed by atoms with Gasteiger partial charge < -0.3 is 40.5 Å². The molecule has 1 amide bonds. The molecule has 0 rings (SSSR count). The third kappa shape index (κ3) is 16.5. The van der Waals surface area contributed by atoms with Crippen LogP contribution in [0.3, 0.4) is 0 Å². The SMILES string of the molecule is CSCCC(NC(=O)CCCCC([S-])CC[S-])C(=O)[O-].[Na+].[Zn+2]. The van der Waals surface area contributed by atoms with Crippen molar-refractivity contribution in [3.63, 3.8) is 0 Å². The molecule has 0 spiro atoms. The molecule has 0 aromatic carbocycles. The van der Waals surface area contributed by atoms with Crippen LogP contribution in [0.5, 0.6) is 0 Å².